The number of esters is 3. The van der Waals surface area contributed by atoms with Gasteiger partial charge in [0.15, 0.2) is 0 Å². The number of nitrogens with one attached hydrogen (secondary N) is 1. The van der Waals surface area contributed by atoms with E-state index in [0.717, 1.165) is 33.5 Å². The predicted molar refractivity (Wildman–Crippen MR) is 178 cm³/mol. The highest BCUT2D eigenvalue weighted by Crippen LogP contribution is 2.29. The quantitative estimate of drug-likeness (QED) is 0.0343. The first-order valence-electron chi connectivity index (χ1n) is 14.0. The molecule has 11 nitrogen and oxygen atoms in total. The van der Waals surface area contributed by atoms with Crippen LogP contribution in [0.4, 0.5) is 5.13 Å². The van der Waals surface area contributed by atoms with E-state index in [1.54, 1.807) is 36.5 Å². The Morgan fingerprint density at radius 1 is 0.787 bits per heavy atom. The van der Waals surface area contributed by atoms with Crippen molar-refractivity contribution < 1.29 is 38.1 Å². The highest BCUT2D eigenvalue weighted by atomic mass is 32.1. The minimum Gasteiger partial charge on any atom is -0.457 e. The summed E-state index contributed by atoms with van der Waals surface area (Å²) in [5.74, 6) is -0.619. The molecule has 0 aliphatic rings. The summed E-state index contributed by atoms with van der Waals surface area (Å²) in [6.07, 6.45) is 3.64. The van der Waals surface area contributed by atoms with Crippen LogP contribution in [0, 0.1) is 0 Å². The maximum atomic E-state index is 13.1. The number of benzene rings is 4. The fourth-order valence-corrected chi connectivity index (χ4v) is 4.83. The Morgan fingerprint density at radius 2 is 1.40 bits per heavy atom. The molecule has 0 fully saturated rings. The number of carbonyl (C=O) groups excluding carboxylic acids is 3. The maximum absolute atomic E-state index is 13.1. The first-order chi connectivity index (χ1) is 22.9. The molecule has 1 heterocycles. The molecule has 5 aromatic rings. The number of hydrogen-bond acceptors (Lipinski definition) is 12. The van der Waals surface area contributed by atoms with Crippen LogP contribution in [0.15, 0.2) is 121 Å². The average Bonchev–Trinajstić information content (AvgIpc) is 3.52. The van der Waals surface area contributed by atoms with Crippen molar-refractivity contribution >= 4 is 50.8 Å². The van der Waals surface area contributed by atoms with Crippen LogP contribution in [0.3, 0.4) is 0 Å². The monoisotopic (exact) mass is 649 g/mol. The lowest BCUT2D eigenvalue weighted by molar-refractivity contribution is -0.145. The number of para-hydroxylation sites is 1. The number of thiazole rings is 1. The smallest absolute Gasteiger partial charge is 0.343 e. The van der Waals surface area contributed by atoms with Gasteiger partial charge >= 0.3 is 17.9 Å². The molecule has 0 saturated heterocycles. The van der Waals surface area contributed by atoms with Crippen LogP contribution in [-0.2, 0) is 19.1 Å². The molecule has 0 atom stereocenters. The lowest BCUT2D eigenvalue weighted by Gasteiger charge is -2.11. The molecule has 236 valence electrons. The Balaban J connectivity index is 1.32. The summed E-state index contributed by atoms with van der Waals surface area (Å²) in [5.41, 5.74) is 6.26. The first kappa shape index (κ1) is 32.1. The van der Waals surface area contributed by atoms with Gasteiger partial charge in [-0.1, -0.05) is 54.8 Å². The third kappa shape index (κ3) is 8.90. The van der Waals surface area contributed by atoms with Crippen LogP contribution in [0.1, 0.15) is 15.9 Å². The molecule has 0 aliphatic heterocycles. The molecule has 5 rings (SSSR count). The van der Waals surface area contributed by atoms with E-state index in [1.165, 1.54) is 23.5 Å². The second-order valence-corrected chi connectivity index (χ2v) is 10.4. The summed E-state index contributed by atoms with van der Waals surface area (Å²) < 4.78 is 27.2. The van der Waals surface area contributed by atoms with Crippen LogP contribution in [-0.4, -0.2) is 42.7 Å². The zero-order chi connectivity index (χ0) is 33.0. The molecule has 1 N–H and O–H groups in total. The topological polar surface area (TPSA) is 135 Å². The molecule has 0 unspecified atom stereocenters. The molecule has 4 aromatic carbocycles. The normalized spacial score (nSPS) is 10.6. The molecule has 0 aliphatic carbocycles. The summed E-state index contributed by atoms with van der Waals surface area (Å²) in [7, 11) is 0. The Morgan fingerprint density at radius 3 is 2.04 bits per heavy atom. The number of hydrogen-bond donors (Lipinski definition) is 1. The molecule has 0 saturated carbocycles. The summed E-state index contributed by atoms with van der Waals surface area (Å²) >= 11 is 1.46. The van der Waals surface area contributed by atoms with Gasteiger partial charge in [-0.2, -0.15) is 5.10 Å². The summed E-state index contributed by atoms with van der Waals surface area (Å²) in [4.78, 5) is 40.0. The molecule has 0 spiro atoms. The SMILES string of the molecule is C=CC(=O)OCOc1ccc(C(=O)Oc2ccc(-c3ccc(OCOC(=O)C=C)cc3)cc2/C=N/Nc2nc3ccccc3s2)cc1. The van der Waals surface area contributed by atoms with Crippen LogP contribution < -0.4 is 19.6 Å². The van der Waals surface area contributed by atoms with Crippen molar-refractivity contribution in [3.63, 3.8) is 0 Å². The highest BCUT2D eigenvalue weighted by molar-refractivity contribution is 7.22. The number of aromatic nitrogens is 1. The Hall–Kier alpha value is -6.27. The Labute approximate surface area is 273 Å². The van der Waals surface area contributed by atoms with E-state index in [9.17, 15) is 14.4 Å². The van der Waals surface area contributed by atoms with E-state index >= 15 is 0 Å². The third-order valence-corrected chi connectivity index (χ3v) is 7.28. The largest absolute Gasteiger partial charge is 0.457 e. The van der Waals surface area contributed by atoms with E-state index in [1.807, 2.05) is 48.5 Å². The number of carbonyl (C=O) groups is 3. The number of hydrazone groups is 1. The molecule has 0 radical (unpaired) electrons. The van der Waals surface area contributed by atoms with Crippen molar-refractivity contribution in [2.24, 2.45) is 5.10 Å². The van der Waals surface area contributed by atoms with Gasteiger partial charge < -0.3 is 23.7 Å². The zero-order valence-electron chi connectivity index (χ0n) is 24.8. The van der Waals surface area contributed by atoms with Crippen molar-refractivity contribution in [3.8, 4) is 28.4 Å². The molecular formula is C35H27N3O8S. The van der Waals surface area contributed by atoms with E-state index in [0.29, 0.717) is 22.2 Å². The lowest BCUT2D eigenvalue weighted by Crippen LogP contribution is -2.10. The average molecular weight is 650 g/mol. The van der Waals surface area contributed by atoms with Crippen LogP contribution >= 0.6 is 11.3 Å². The number of fused-ring (bicyclic) bond motifs is 1. The molecule has 12 heteroatoms. The predicted octanol–water partition coefficient (Wildman–Crippen LogP) is 6.76. The number of anilines is 1. The van der Waals surface area contributed by atoms with Crippen molar-refractivity contribution in [2.45, 2.75) is 0 Å². The number of rotatable bonds is 14. The van der Waals surface area contributed by atoms with Crippen LogP contribution in [0.5, 0.6) is 17.2 Å². The van der Waals surface area contributed by atoms with Gasteiger partial charge in [0.25, 0.3) is 0 Å². The second kappa shape index (κ2) is 15.6. The van der Waals surface area contributed by atoms with E-state index < -0.39 is 17.9 Å². The first-order valence-corrected chi connectivity index (χ1v) is 14.8. The third-order valence-electron chi connectivity index (χ3n) is 6.33. The van der Waals surface area contributed by atoms with Crippen molar-refractivity contribution in [1.82, 2.24) is 4.98 Å². The summed E-state index contributed by atoms with van der Waals surface area (Å²) in [6, 6.07) is 26.4. The van der Waals surface area contributed by atoms with Gasteiger partial charge in [0, 0.05) is 17.7 Å². The van der Waals surface area contributed by atoms with Gasteiger partial charge in [-0.3, -0.25) is 5.43 Å². The van der Waals surface area contributed by atoms with Gasteiger partial charge in [0.1, 0.15) is 17.2 Å². The second-order valence-electron chi connectivity index (χ2n) is 9.41. The van der Waals surface area contributed by atoms with Crippen molar-refractivity contribution in [2.75, 3.05) is 19.0 Å². The molecule has 47 heavy (non-hydrogen) atoms. The van der Waals surface area contributed by atoms with Gasteiger partial charge in [0.05, 0.1) is 22.0 Å². The Bertz CT molecular complexity index is 1900. The van der Waals surface area contributed by atoms with E-state index in [2.05, 4.69) is 28.7 Å². The van der Waals surface area contributed by atoms with Gasteiger partial charge in [-0.25, -0.2) is 19.4 Å². The molecular weight excluding hydrogens is 622 g/mol. The van der Waals surface area contributed by atoms with Gasteiger partial charge in [-0.15, -0.1) is 0 Å². The maximum Gasteiger partial charge on any atom is 0.343 e. The van der Waals surface area contributed by atoms with Crippen LogP contribution in [0.2, 0.25) is 0 Å². The van der Waals surface area contributed by atoms with Crippen molar-refractivity contribution in [3.05, 3.63) is 127 Å². The highest BCUT2D eigenvalue weighted by Gasteiger charge is 2.14. The fraction of sp³-hybridized carbons (Fsp3) is 0.0571. The van der Waals surface area contributed by atoms with Crippen molar-refractivity contribution in [1.29, 1.82) is 0 Å². The minimum absolute atomic E-state index is 0.243. The number of nitrogens with zero attached hydrogens (tertiary/aromatic N) is 2. The molecule has 0 bridgehead atoms. The molecule has 0 amide bonds. The minimum atomic E-state index is -0.611. The number of ether oxygens (including phenoxy) is 5. The fourth-order valence-electron chi connectivity index (χ4n) is 4.02. The van der Waals surface area contributed by atoms with Gasteiger partial charge in [-0.05, 0) is 71.8 Å². The van der Waals surface area contributed by atoms with Gasteiger partial charge in [0.2, 0.25) is 18.7 Å². The standard InChI is InChI=1S/C35H27N3O8S/c1-3-32(39)44-21-42-27-14-9-23(10-15-27)25-13-18-30(26(19-25)20-36-38-35-37-29-7-5-6-8-31(29)47-35)46-34(41)24-11-16-28(17-12-24)43-22-45-33(40)4-2/h3-20H,1-2,21-22H2,(H,37,38)/b36-20+. The summed E-state index contributed by atoms with van der Waals surface area (Å²) in [6.45, 7) is 6.13. The zero-order valence-corrected chi connectivity index (χ0v) is 25.6. The molecule has 1 aromatic heterocycles. The Kier molecular flexibility index (Phi) is 10.7. The van der Waals surface area contributed by atoms with E-state index in [4.69, 9.17) is 23.7 Å². The lowest BCUT2D eigenvalue weighted by atomic mass is 10.0. The van der Waals surface area contributed by atoms with E-state index in [-0.39, 0.29) is 24.9 Å². The summed E-state index contributed by atoms with van der Waals surface area (Å²) in [5, 5.41) is 4.97. The van der Waals surface area contributed by atoms with Crippen LogP contribution in [0.25, 0.3) is 21.3 Å².